The van der Waals surface area contributed by atoms with Crippen LogP contribution in [0, 0.1) is 5.92 Å². The maximum Gasteiger partial charge on any atom is 0.340 e. The van der Waals surface area contributed by atoms with Crippen LogP contribution < -0.4 is 0 Å². The highest BCUT2D eigenvalue weighted by molar-refractivity contribution is 5.96. The van der Waals surface area contributed by atoms with Gasteiger partial charge in [-0.1, -0.05) is 31.9 Å². The maximum atomic E-state index is 11.8. The Morgan fingerprint density at radius 3 is 2.61 bits per heavy atom. The molecule has 1 aromatic rings. The number of rotatable bonds is 8. The van der Waals surface area contributed by atoms with E-state index in [1.54, 1.807) is 12.1 Å². The van der Waals surface area contributed by atoms with Gasteiger partial charge in [-0.2, -0.15) is 0 Å². The van der Waals surface area contributed by atoms with Crippen LogP contribution in [0.25, 0.3) is 0 Å². The molecular formula is C19H29NO3. The van der Waals surface area contributed by atoms with Crippen molar-refractivity contribution >= 4 is 17.4 Å². The Hall–Kier alpha value is -1.68. The summed E-state index contributed by atoms with van der Waals surface area (Å²) in [7, 11) is 1.38. The van der Waals surface area contributed by atoms with Gasteiger partial charge in [-0.3, -0.25) is 4.99 Å². The number of carbonyl (C=O) groups is 1. The van der Waals surface area contributed by atoms with Gasteiger partial charge in [-0.15, -0.1) is 0 Å². The number of carbonyl (C=O) groups excluding carboxylic acids is 1. The predicted octanol–water partition coefficient (Wildman–Crippen LogP) is 4.53. The van der Waals surface area contributed by atoms with Gasteiger partial charge in [-0.25, -0.2) is 4.79 Å². The monoisotopic (exact) mass is 319 g/mol. The summed E-state index contributed by atoms with van der Waals surface area (Å²) in [5.41, 5.74) is 1.55. The molecule has 23 heavy (non-hydrogen) atoms. The van der Waals surface area contributed by atoms with E-state index < -0.39 is 5.60 Å². The molecule has 1 aromatic carbocycles. The van der Waals surface area contributed by atoms with Crippen LogP contribution in [-0.4, -0.2) is 29.5 Å². The summed E-state index contributed by atoms with van der Waals surface area (Å²) in [6.07, 6.45) is 3.73. The number of esters is 1. The van der Waals surface area contributed by atoms with Gasteiger partial charge in [0.25, 0.3) is 0 Å². The molecule has 1 rings (SSSR count). The van der Waals surface area contributed by atoms with Crippen molar-refractivity contribution in [1.29, 1.82) is 0 Å². The zero-order valence-corrected chi connectivity index (χ0v) is 14.9. The fraction of sp³-hybridized carbons (Fsp3) is 0.579. The minimum Gasteiger partial charge on any atom is -0.465 e. The highest BCUT2D eigenvalue weighted by Crippen LogP contribution is 2.22. The largest absolute Gasteiger partial charge is 0.465 e. The van der Waals surface area contributed by atoms with Crippen LogP contribution in [0.1, 0.15) is 63.7 Å². The Bertz CT molecular complexity index is 544. The lowest BCUT2D eigenvalue weighted by atomic mass is 9.94. The molecule has 4 nitrogen and oxygen atoms in total. The molecule has 0 aromatic heterocycles. The fourth-order valence-corrected chi connectivity index (χ4v) is 2.59. The van der Waals surface area contributed by atoms with Crippen molar-refractivity contribution < 1.29 is 14.6 Å². The van der Waals surface area contributed by atoms with Gasteiger partial charge in [0.1, 0.15) is 0 Å². The smallest absolute Gasteiger partial charge is 0.340 e. The standard InChI is InChI=1S/C19H29NO3/c1-14(9-8-12-19(3,4)22)13-15(2)20-17-11-7-6-10-16(17)18(21)23-5/h6-7,10-11,14,22H,8-9,12-13H2,1-5H3. The average molecular weight is 319 g/mol. The van der Waals surface area contributed by atoms with Crippen LogP contribution in [0.5, 0.6) is 0 Å². The summed E-state index contributed by atoms with van der Waals surface area (Å²) in [6.45, 7) is 7.86. The topological polar surface area (TPSA) is 58.9 Å². The minimum atomic E-state index is -0.595. The van der Waals surface area contributed by atoms with Crippen molar-refractivity contribution in [2.45, 2.75) is 59.0 Å². The molecule has 1 N–H and O–H groups in total. The van der Waals surface area contributed by atoms with Gasteiger partial charge in [0, 0.05) is 5.71 Å². The molecule has 128 valence electrons. The molecule has 0 aliphatic heterocycles. The average Bonchev–Trinajstić information content (AvgIpc) is 2.45. The number of benzene rings is 1. The molecule has 0 aliphatic carbocycles. The third-order valence-corrected chi connectivity index (χ3v) is 3.75. The highest BCUT2D eigenvalue weighted by atomic mass is 16.5. The van der Waals surface area contributed by atoms with Crippen molar-refractivity contribution in [2.75, 3.05) is 7.11 Å². The van der Waals surface area contributed by atoms with Gasteiger partial charge in [0.05, 0.1) is 24.0 Å². The molecule has 4 heteroatoms. The van der Waals surface area contributed by atoms with E-state index in [0.717, 1.165) is 31.4 Å². The Kier molecular flexibility index (Phi) is 7.43. The number of methoxy groups -OCH3 is 1. The van der Waals surface area contributed by atoms with E-state index in [0.29, 0.717) is 17.2 Å². The van der Waals surface area contributed by atoms with Crippen LogP contribution in [-0.2, 0) is 4.74 Å². The van der Waals surface area contributed by atoms with E-state index in [9.17, 15) is 9.90 Å². The van der Waals surface area contributed by atoms with Crippen LogP contribution in [0.2, 0.25) is 0 Å². The summed E-state index contributed by atoms with van der Waals surface area (Å²) in [5, 5.41) is 9.75. The Morgan fingerprint density at radius 2 is 2.00 bits per heavy atom. The summed E-state index contributed by atoms with van der Waals surface area (Å²) in [5.74, 6) is 0.127. The molecule has 1 unspecified atom stereocenters. The van der Waals surface area contributed by atoms with Crippen molar-refractivity contribution in [2.24, 2.45) is 10.9 Å². The fourth-order valence-electron chi connectivity index (χ4n) is 2.59. The van der Waals surface area contributed by atoms with E-state index in [2.05, 4.69) is 11.9 Å². The molecule has 0 radical (unpaired) electrons. The van der Waals surface area contributed by atoms with Crippen LogP contribution in [0.4, 0.5) is 5.69 Å². The summed E-state index contributed by atoms with van der Waals surface area (Å²) >= 11 is 0. The van der Waals surface area contributed by atoms with Gasteiger partial charge in [0.2, 0.25) is 0 Å². The lowest BCUT2D eigenvalue weighted by Crippen LogP contribution is -2.18. The second-order valence-corrected chi connectivity index (χ2v) is 6.87. The number of para-hydroxylation sites is 1. The van der Waals surface area contributed by atoms with Crippen LogP contribution in [0.15, 0.2) is 29.3 Å². The summed E-state index contributed by atoms with van der Waals surface area (Å²) in [6, 6.07) is 7.23. The molecule has 0 amide bonds. The Balaban J connectivity index is 2.65. The second kappa shape index (κ2) is 8.82. The first-order valence-corrected chi connectivity index (χ1v) is 8.17. The molecule has 0 saturated carbocycles. The van der Waals surface area contributed by atoms with Crippen LogP contribution in [0.3, 0.4) is 0 Å². The van der Waals surface area contributed by atoms with E-state index >= 15 is 0 Å². The molecule has 0 aliphatic rings. The Morgan fingerprint density at radius 1 is 1.35 bits per heavy atom. The normalized spacial score (nSPS) is 13.7. The van der Waals surface area contributed by atoms with Gasteiger partial charge in [0.15, 0.2) is 0 Å². The molecule has 0 spiro atoms. The molecule has 1 atom stereocenters. The van der Waals surface area contributed by atoms with E-state index in [4.69, 9.17) is 4.74 Å². The van der Waals surface area contributed by atoms with Gasteiger partial charge >= 0.3 is 5.97 Å². The Labute approximate surface area is 139 Å². The maximum absolute atomic E-state index is 11.8. The second-order valence-electron chi connectivity index (χ2n) is 6.87. The number of aliphatic imine (C=N–C) groups is 1. The van der Waals surface area contributed by atoms with Crippen LogP contribution >= 0.6 is 0 Å². The number of ether oxygens (including phenoxy) is 1. The molecule has 0 fully saturated rings. The first kappa shape index (κ1) is 19.4. The third kappa shape index (κ3) is 7.42. The number of aliphatic hydroxyl groups is 1. The van der Waals surface area contributed by atoms with Crippen molar-refractivity contribution in [3.8, 4) is 0 Å². The number of hydrogen-bond acceptors (Lipinski definition) is 4. The van der Waals surface area contributed by atoms with E-state index in [1.165, 1.54) is 7.11 Å². The minimum absolute atomic E-state index is 0.365. The summed E-state index contributed by atoms with van der Waals surface area (Å²) in [4.78, 5) is 16.3. The van der Waals surface area contributed by atoms with E-state index in [1.807, 2.05) is 32.9 Å². The summed E-state index contributed by atoms with van der Waals surface area (Å²) < 4.78 is 4.79. The lowest BCUT2D eigenvalue weighted by Gasteiger charge is -2.18. The number of hydrogen-bond donors (Lipinski definition) is 1. The first-order valence-electron chi connectivity index (χ1n) is 8.17. The lowest BCUT2D eigenvalue weighted by molar-refractivity contribution is 0.0601. The van der Waals surface area contributed by atoms with Gasteiger partial charge in [-0.05, 0) is 51.7 Å². The predicted molar refractivity (Wildman–Crippen MR) is 94.5 cm³/mol. The molecule has 0 heterocycles. The van der Waals surface area contributed by atoms with E-state index in [-0.39, 0.29) is 5.97 Å². The quantitative estimate of drug-likeness (QED) is 0.565. The SMILES string of the molecule is COC(=O)c1ccccc1N=C(C)CC(C)CCCC(C)(C)O. The number of nitrogens with zero attached hydrogens (tertiary/aromatic N) is 1. The zero-order valence-electron chi connectivity index (χ0n) is 14.9. The van der Waals surface area contributed by atoms with Gasteiger partial charge < -0.3 is 9.84 Å². The molecule has 0 saturated heterocycles. The third-order valence-electron chi connectivity index (χ3n) is 3.75. The van der Waals surface area contributed by atoms with Crippen molar-refractivity contribution in [3.63, 3.8) is 0 Å². The highest BCUT2D eigenvalue weighted by Gasteiger charge is 2.14. The van der Waals surface area contributed by atoms with Crippen molar-refractivity contribution in [3.05, 3.63) is 29.8 Å². The zero-order chi connectivity index (χ0) is 17.5. The molecule has 0 bridgehead atoms. The molecular weight excluding hydrogens is 290 g/mol. The van der Waals surface area contributed by atoms with Crippen molar-refractivity contribution in [1.82, 2.24) is 0 Å². The first-order chi connectivity index (χ1) is 10.7.